The molecule has 642 valence electrons. The molecule has 0 saturated heterocycles. The van der Waals surface area contributed by atoms with Crippen molar-refractivity contribution in [2.45, 2.75) is 485 Å². The van der Waals surface area contributed by atoms with Crippen LogP contribution in [0.15, 0.2) is 0 Å². The number of aliphatic hydroxyl groups excluding tert-OH is 1. The highest BCUT2D eigenvalue weighted by Crippen LogP contribution is 2.45. The average Bonchev–Trinajstić information content (AvgIpc) is 0.900. The summed E-state index contributed by atoms with van der Waals surface area (Å²) in [5, 5.41) is 10.7. The zero-order valence-electron chi connectivity index (χ0n) is 71.5. The van der Waals surface area contributed by atoms with Gasteiger partial charge in [-0.25, -0.2) is 9.13 Å². The molecule has 0 aliphatic heterocycles. The molecule has 0 aliphatic carbocycles. The van der Waals surface area contributed by atoms with E-state index in [1.165, 1.54) is 263 Å². The minimum absolute atomic E-state index is 0.107. The van der Waals surface area contributed by atoms with E-state index in [0.29, 0.717) is 25.7 Å². The highest BCUT2D eigenvalue weighted by molar-refractivity contribution is 7.47. The first kappa shape index (κ1) is 106. The molecule has 0 fully saturated rings. The van der Waals surface area contributed by atoms with Gasteiger partial charge < -0.3 is 33.8 Å². The molecule has 17 nitrogen and oxygen atoms in total. The minimum Gasteiger partial charge on any atom is -0.462 e. The van der Waals surface area contributed by atoms with Crippen molar-refractivity contribution in [3.05, 3.63) is 0 Å². The van der Waals surface area contributed by atoms with Crippen LogP contribution in [-0.4, -0.2) is 96.7 Å². The second kappa shape index (κ2) is 77.6. The summed E-state index contributed by atoms with van der Waals surface area (Å²) >= 11 is 0. The van der Waals surface area contributed by atoms with Crippen LogP contribution in [-0.2, 0) is 65.4 Å². The van der Waals surface area contributed by atoms with Crippen molar-refractivity contribution in [3.8, 4) is 0 Å². The highest BCUT2D eigenvalue weighted by Gasteiger charge is 2.31. The Bertz CT molecular complexity index is 2100. The standard InChI is InChI=1S/C89H174O17P2/c1-9-82(8)68-60-52-47-48-54-62-70-87(92)100-76-85(106-89(94)72-64-56-46-40-34-28-21-15-14-18-24-30-36-42-50-58-66-80(4)5)78-104-108(97,98)102-74-83(90)73-101-107(95,96)103-77-84(75-99-86(91)69-61-53-44-38-32-26-22-16-19-25-31-37-43-51-59-67-81(6)7)105-88(93)71-63-55-45-39-33-27-20-13-11-10-12-17-23-29-35-41-49-57-65-79(2)3/h79-85,90H,9-78H2,1-8H3,(H,95,96)(H,97,98)/t82?,83-,84-,85-/m1/s1. The Morgan fingerprint density at radius 3 is 0.657 bits per heavy atom. The molecule has 0 saturated carbocycles. The third-order valence-electron chi connectivity index (χ3n) is 21.2. The summed E-state index contributed by atoms with van der Waals surface area (Å²) < 4.78 is 69.0. The molecule has 0 aromatic carbocycles. The van der Waals surface area contributed by atoms with E-state index in [9.17, 15) is 43.2 Å². The van der Waals surface area contributed by atoms with E-state index in [1.54, 1.807) is 0 Å². The van der Waals surface area contributed by atoms with Crippen LogP contribution < -0.4 is 0 Å². The molecule has 3 N–H and O–H groups in total. The van der Waals surface area contributed by atoms with E-state index < -0.39 is 97.5 Å². The van der Waals surface area contributed by atoms with Crippen LogP contribution in [0.5, 0.6) is 0 Å². The first-order valence-corrected chi connectivity index (χ1v) is 48.7. The lowest BCUT2D eigenvalue weighted by Crippen LogP contribution is -2.30. The van der Waals surface area contributed by atoms with Gasteiger partial charge in [-0.05, 0) is 49.4 Å². The number of carbonyl (C=O) groups excluding carboxylic acids is 4. The van der Waals surface area contributed by atoms with Crippen LogP contribution >= 0.6 is 15.6 Å². The first-order valence-electron chi connectivity index (χ1n) is 45.7. The van der Waals surface area contributed by atoms with E-state index in [-0.39, 0.29) is 25.7 Å². The molecular formula is C89H174O17P2. The van der Waals surface area contributed by atoms with E-state index >= 15 is 0 Å². The topological polar surface area (TPSA) is 237 Å². The van der Waals surface area contributed by atoms with Crippen molar-refractivity contribution in [1.82, 2.24) is 0 Å². The van der Waals surface area contributed by atoms with Gasteiger partial charge in [0.05, 0.1) is 26.4 Å². The fourth-order valence-electron chi connectivity index (χ4n) is 13.8. The van der Waals surface area contributed by atoms with Gasteiger partial charge in [0, 0.05) is 25.7 Å². The highest BCUT2D eigenvalue weighted by atomic mass is 31.2. The van der Waals surface area contributed by atoms with Crippen LogP contribution in [0, 0.1) is 23.7 Å². The third kappa shape index (κ3) is 80.7. The monoisotopic (exact) mass is 1580 g/mol. The van der Waals surface area contributed by atoms with E-state index in [4.69, 9.17) is 37.0 Å². The number of ether oxygens (including phenoxy) is 4. The third-order valence-corrected chi connectivity index (χ3v) is 23.1. The van der Waals surface area contributed by atoms with Crippen molar-refractivity contribution in [1.29, 1.82) is 0 Å². The Morgan fingerprint density at radius 1 is 0.259 bits per heavy atom. The quantitative estimate of drug-likeness (QED) is 0.0222. The second-order valence-electron chi connectivity index (χ2n) is 33.7. The van der Waals surface area contributed by atoms with Crippen LogP contribution in [0.1, 0.15) is 466 Å². The Morgan fingerprint density at radius 2 is 0.444 bits per heavy atom. The summed E-state index contributed by atoms with van der Waals surface area (Å²) in [5.74, 6) is 1.06. The predicted molar refractivity (Wildman–Crippen MR) is 446 cm³/mol. The molecule has 0 radical (unpaired) electrons. The first-order chi connectivity index (χ1) is 52.1. The molecule has 0 aliphatic rings. The number of phosphoric acid groups is 2. The molecule has 0 spiro atoms. The van der Waals surface area contributed by atoms with Crippen molar-refractivity contribution in [2.24, 2.45) is 23.7 Å². The van der Waals surface area contributed by atoms with Crippen molar-refractivity contribution in [3.63, 3.8) is 0 Å². The van der Waals surface area contributed by atoms with Crippen molar-refractivity contribution in [2.75, 3.05) is 39.6 Å². The summed E-state index contributed by atoms with van der Waals surface area (Å²) in [6.45, 7) is 14.4. The number of esters is 4. The summed E-state index contributed by atoms with van der Waals surface area (Å²) in [5.41, 5.74) is 0. The number of unbranched alkanes of at least 4 members (excludes halogenated alkanes) is 51. The molecule has 0 rings (SSSR count). The zero-order valence-corrected chi connectivity index (χ0v) is 73.3. The molecule has 0 heterocycles. The Hall–Kier alpha value is -1.94. The summed E-state index contributed by atoms with van der Waals surface area (Å²) in [6, 6.07) is 0. The molecule has 3 unspecified atom stereocenters. The number of rotatable bonds is 86. The lowest BCUT2D eigenvalue weighted by Gasteiger charge is -2.21. The van der Waals surface area contributed by atoms with Crippen LogP contribution in [0.25, 0.3) is 0 Å². The van der Waals surface area contributed by atoms with E-state index in [2.05, 4.69) is 55.4 Å². The Balaban J connectivity index is 5.23. The molecule has 19 heteroatoms. The Kier molecular flexibility index (Phi) is 76.2. The smallest absolute Gasteiger partial charge is 0.462 e. The maximum atomic E-state index is 13.2. The minimum atomic E-state index is -4.97. The van der Waals surface area contributed by atoms with Crippen LogP contribution in [0.3, 0.4) is 0 Å². The molecule has 0 aromatic rings. The molecular weight excluding hydrogens is 1400 g/mol. The number of aliphatic hydroxyl groups is 1. The van der Waals surface area contributed by atoms with Gasteiger partial charge in [0.1, 0.15) is 19.3 Å². The summed E-state index contributed by atoms with van der Waals surface area (Å²) in [7, 11) is -9.93. The second-order valence-corrected chi connectivity index (χ2v) is 36.6. The molecule has 108 heavy (non-hydrogen) atoms. The van der Waals surface area contributed by atoms with Crippen molar-refractivity contribution < 1.29 is 80.2 Å². The average molecular weight is 1580 g/mol. The number of hydrogen-bond donors (Lipinski definition) is 3. The van der Waals surface area contributed by atoms with E-state index in [0.717, 1.165) is 120 Å². The van der Waals surface area contributed by atoms with Gasteiger partial charge in [-0.2, -0.15) is 0 Å². The maximum Gasteiger partial charge on any atom is 0.472 e. The van der Waals surface area contributed by atoms with E-state index in [1.807, 2.05) is 0 Å². The predicted octanol–water partition coefficient (Wildman–Crippen LogP) is 27.1. The summed E-state index contributed by atoms with van der Waals surface area (Å²) in [6.07, 6.45) is 68.1. The maximum absolute atomic E-state index is 13.2. The fraction of sp³-hybridized carbons (Fsp3) is 0.955. The Labute approximate surface area is 664 Å². The lowest BCUT2D eigenvalue weighted by atomic mass is 10.00. The molecule has 0 bridgehead atoms. The summed E-state index contributed by atoms with van der Waals surface area (Å²) in [4.78, 5) is 73.3. The zero-order chi connectivity index (χ0) is 79.5. The SMILES string of the molecule is CCC(C)CCCCCCCCC(=O)OC[C@H](COP(=O)(O)OC[C@H](O)COP(=O)(O)OC[C@@H](COC(=O)CCCCCCCCCCCCCCCCCC(C)C)OC(=O)CCCCCCCCCCCCCCCCCCCCC(C)C)OC(=O)CCCCCCCCCCCCCCCCCCC(C)C. The molecule has 0 aromatic heterocycles. The van der Waals surface area contributed by atoms with Gasteiger partial charge in [-0.1, -0.05) is 415 Å². The number of carbonyl (C=O) groups is 4. The van der Waals surface area contributed by atoms with Gasteiger partial charge >= 0.3 is 39.5 Å². The molecule has 0 amide bonds. The lowest BCUT2D eigenvalue weighted by molar-refractivity contribution is -0.161. The normalized spacial score (nSPS) is 14.1. The fourth-order valence-corrected chi connectivity index (χ4v) is 15.4. The van der Waals surface area contributed by atoms with Crippen LogP contribution in [0.4, 0.5) is 0 Å². The molecule has 6 atom stereocenters. The van der Waals surface area contributed by atoms with Gasteiger partial charge in [-0.3, -0.25) is 37.3 Å². The number of hydrogen-bond acceptors (Lipinski definition) is 15. The van der Waals surface area contributed by atoms with Gasteiger partial charge in [0.15, 0.2) is 12.2 Å². The van der Waals surface area contributed by atoms with Crippen LogP contribution in [0.2, 0.25) is 0 Å². The van der Waals surface area contributed by atoms with Crippen molar-refractivity contribution >= 4 is 39.5 Å². The van der Waals surface area contributed by atoms with Gasteiger partial charge in [-0.15, -0.1) is 0 Å². The number of phosphoric ester groups is 2. The van der Waals surface area contributed by atoms with Gasteiger partial charge in [0.25, 0.3) is 0 Å². The van der Waals surface area contributed by atoms with Gasteiger partial charge in [0.2, 0.25) is 0 Å². The largest absolute Gasteiger partial charge is 0.472 e.